The first-order valence-electron chi connectivity index (χ1n) is 10.4. The lowest BCUT2D eigenvalue weighted by Crippen LogP contribution is -2.49. The molecule has 2 aliphatic rings. The van der Waals surface area contributed by atoms with Gasteiger partial charge in [-0.25, -0.2) is 0 Å². The van der Waals surface area contributed by atoms with Crippen LogP contribution in [0.15, 0.2) is 48.5 Å². The Morgan fingerprint density at radius 2 is 1.42 bits per heavy atom. The van der Waals surface area contributed by atoms with E-state index in [1.165, 1.54) is 6.07 Å². The largest absolute Gasteiger partial charge is 0.362 e. The third-order valence-corrected chi connectivity index (χ3v) is 5.75. The molecule has 0 aromatic heterocycles. The molecule has 2 aromatic rings. The second kappa shape index (κ2) is 9.13. The molecule has 1 N–H and O–H groups in total. The van der Waals surface area contributed by atoms with E-state index < -0.39 is 4.92 Å². The van der Waals surface area contributed by atoms with Gasteiger partial charge < -0.3 is 20.0 Å². The van der Waals surface area contributed by atoms with E-state index >= 15 is 0 Å². The maximum atomic E-state index is 12.7. The van der Waals surface area contributed by atoms with Crippen LogP contribution in [0.1, 0.15) is 20.7 Å². The predicted molar refractivity (Wildman–Crippen MR) is 116 cm³/mol. The first-order chi connectivity index (χ1) is 15.0. The normalized spacial score (nSPS) is 16.8. The van der Waals surface area contributed by atoms with Crippen molar-refractivity contribution in [2.75, 3.05) is 57.3 Å². The molecule has 0 radical (unpaired) electrons. The third kappa shape index (κ3) is 4.51. The number of piperazine rings is 2. The minimum Gasteiger partial charge on any atom is -0.362 e. The Kier molecular flexibility index (Phi) is 6.13. The Morgan fingerprint density at radius 1 is 0.806 bits per heavy atom. The summed E-state index contributed by atoms with van der Waals surface area (Å²) in [5.41, 5.74) is 1.37. The smallest absolute Gasteiger partial charge is 0.293 e. The molecule has 0 spiro atoms. The Balaban J connectivity index is 1.47. The lowest BCUT2D eigenvalue weighted by atomic mass is 10.1. The summed E-state index contributed by atoms with van der Waals surface area (Å²) in [4.78, 5) is 42.1. The number of hydrogen-bond donors (Lipinski definition) is 1. The van der Waals surface area contributed by atoms with Crippen molar-refractivity contribution in [2.45, 2.75) is 0 Å². The van der Waals surface area contributed by atoms with E-state index in [1.54, 1.807) is 34.1 Å². The van der Waals surface area contributed by atoms with Crippen molar-refractivity contribution in [1.82, 2.24) is 15.1 Å². The summed E-state index contributed by atoms with van der Waals surface area (Å²) in [5, 5.41) is 14.9. The van der Waals surface area contributed by atoms with Crippen LogP contribution in [0.2, 0.25) is 0 Å². The SMILES string of the molecule is O=C(c1ccc(N2CCN(C(=O)c3ccccc3)CC2)c([N+](=O)[O-])c1)N1CCNCC1. The number of benzene rings is 2. The predicted octanol–water partition coefficient (Wildman–Crippen LogP) is 1.60. The molecule has 2 aromatic carbocycles. The van der Waals surface area contributed by atoms with Crippen LogP contribution < -0.4 is 10.2 Å². The zero-order valence-corrected chi connectivity index (χ0v) is 17.2. The standard InChI is InChI=1S/C22H25N5O4/c28-21(17-4-2-1-3-5-17)26-14-12-24(13-15-26)19-7-6-18(16-20(19)27(30)31)22(29)25-10-8-23-9-11-25/h1-7,16,23H,8-15H2. The first-order valence-corrected chi connectivity index (χ1v) is 10.4. The van der Waals surface area contributed by atoms with Gasteiger partial charge >= 0.3 is 0 Å². The van der Waals surface area contributed by atoms with Crippen LogP contribution in [0.4, 0.5) is 11.4 Å². The van der Waals surface area contributed by atoms with Crippen LogP contribution in [-0.2, 0) is 0 Å². The number of amides is 2. The van der Waals surface area contributed by atoms with Gasteiger partial charge in [-0.05, 0) is 24.3 Å². The average molecular weight is 423 g/mol. The fourth-order valence-electron chi connectivity index (χ4n) is 4.03. The molecule has 2 heterocycles. The number of hydrogen-bond acceptors (Lipinski definition) is 6. The molecule has 0 unspecified atom stereocenters. The minimum absolute atomic E-state index is 0.0354. The zero-order valence-electron chi connectivity index (χ0n) is 17.2. The number of nitrogens with one attached hydrogen (secondary N) is 1. The number of nitro benzene ring substituents is 1. The van der Waals surface area contributed by atoms with Crippen LogP contribution >= 0.6 is 0 Å². The molecule has 2 saturated heterocycles. The molecule has 31 heavy (non-hydrogen) atoms. The van der Waals surface area contributed by atoms with Gasteiger partial charge in [-0.1, -0.05) is 18.2 Å². The molecular formula is C22H25N5O4. The molecule has 2 aliphatic heterocycles. The maximum absolute atomic E-state index is 12.7. The van der Waals surface area contributed by atoms with Crippen molar-refractivity contribution >= 4 is 23.2 Å². The van der Waals surface area contributed by atoms with Gasteiger partial charge in [0.15, 0.2) is 0 Å². The van der Waals surface area contributed by atoms with Crippen molar-refractivity contribution in [3.8, 4) is 0 Å². The van der Waals surface area contributed by atoms with Crippen molar-refractivity contribution in [3.05, 3.63) is 69.8 Å². The first kappa shape index (κ1) is 20.8. The van der Waals surface area contributed by atoms with Gasteiger partial charge in [0.2, 0.25) is 0 Å². The van der Waals surface area contributed by atoms with Crippen molar-refractivity contribution < 1.29 is 14.5 Å². The van der Waals surface area contributed by atoms with E-state index in [0.717, 1.165) is 13.1 Å². The van der Waals surface area contributed by atoms with Gasteiger partial charge in [0.25, 0.3) is 17.5 Å². The monoisotopic (exact) mass is 423 g/mol. The van der Waals surface area contributed by atoms with Crippen molar-refractivity contribution in [2.24, 2.45) is 0 Å². The molecule has 2 fully saturated rings. The van der Waals surface area contributed by atoms with Gasteiger partial charge in [-0.15, -0.1) is 0 Å². The maximum Gasteiger partial charge on any atom is 0.293 e. The van der Waals surface area contributed by atoms with Crippen LogP contribution in [0.5, 0.6) is 0 Å². The topological polar surface area (TPSA) is 99.0 Å². The van der Waals surface area contributed by atoms with Crippen molar-refractivity contribution in [3.63, 3.8) is 0 Å². The highest BCUT2D eigenvalue weighted by Crippen LogP contribution is 2.30. The summed E-state index contributed by atoms with van der Waals surface area (Å²) in [5.74, 6) is -0.221. The number of carbonyl (C=O) groups excluding carboxylic acids is 2. The third-order valence-electron chi connectivity index (χ3n) is 5.75. The highest BCUT2D eigenvalue weighted by Gasteiger charge is 2.28. The summed E-state index contributed by atoms with van der Waals surface area (Å²) in [6.07, 6.45) is 0. The Bertz CT molecular complexity index is 967. The van der Waals surface area contributed by atoms with E-state index in [1.807, 2.05) is 23.1 Å². The molecule has 0 atom stereocenters. The van der Waals surface area contributed by atoms with Crippen molar-refractivity contribution in [1.29, 1.82) is 0 Å². The second-order valence-electron chi connectivity index (χ2n) is 7.65. The van der Waals surface area contributed by atoms with Crippen LogP contribution in [0.3, 0.4) is 0 Å². The van der Waals surface area contributed by atoms with Gasteiger partial charge in [-0.2, -0.15) is 0 Å². The van der Waals surface area contributed by atoms with Crippen LogP contribution in [0, 0.1) is 10.1 Å². The molecule has 0 aliphatic carbocycles. The molecule has 9 nitrogen and oxygen atoms in total. The molecule has 0 bridgehead atoms. The molecule has 162 valence electrons. The number of rotatable bonds is 4. The summed E-state index contributed by atoms with van der Waals surface area (Å²) in [6, 6.07) is 13.8. The molecule has 9 heteroatoms. The van der Waals surface area contributed by atoms with E-state index in [2.05, 4.69) is 5.32 Å². The summed E-state index contributed by atoms with van der Waals surface area (Å²) in [6.45, 7) is 4.56. The van der Waals surface area contributed by atoms with E-state index in [0.29, 0.717) is 56.1 Å². The van der Waals surface area contributed by atoms with Gasteiger partial charge in [0.05, 0.1) is 4.92 Å². The number of nitro groups is 1. The van der Waals surface area contributed by atoms with E-state index in [4.69, 9.17) is 0 Å². The zero-order chi connectivity index (χ0) is 21.8. The van der Waals surface area contributed by atoms with E-state index in [-0.39, 0.29) is 17.5 Å². The van der Waals surface area contributed by atoms with Gasteiger partial charge in [-0.3, -0.25) is 19.7 Å². The van der Waals surface area contributed by atoms with Gasteiger partial charge in [0.1, 0.15) is 5.69 Å². The highest BCUT2D eigenvalue weighted by molar-refractivity contribution is 5.96. The van der Waals surface area contributed by atoms with E-state index in [9.17, 15) is 19.7 Å². The number of carbonyl (C=O) groups is 2. The highest BCUT2D eigenvalue weighted by atomic mass is 16.6. The summed E-state index contributed by atoms with van der Waals surface area (Å²) in [7, 11) is 0. The van der Waals surface area contributed by atoms with Crippen LogP contribution in [-0.4, -0.2) is 78.9 Å². The average Bonchev–Trinajstić information content (AvgIpc) is 2.84. The van der Waals surface area contributed by atoms with Crippen LogP contribution in [0.25, 0.3) is 0 Å². The number of nitrogens with zero attached hydrogens (tertiary/aromatic N) is 4. The van der Waals surface area contributed by atoms with Gasteiger partial charge in [0, 0.05) is 69.6 Å². The molecule has 2 amide bonds. The summed E-state index contributed by atoms with van der Waals surface area (Å²) < 4.78 is 0. The Hall–Kier alpha value is -3.46. The second-order valence-corrected chi connectivity index (χ2v) is 7.65. The summed E-state index contributed by atoms with van der Waals surface area (Å²) >= 11 is 0. The minimum atomic E-state index is -0.439. The fraction of sp³-hybridized carbons (Fsp3) is 0.364. The molecule has 0 saturated carbocycles. The number of anilines is 1. The Labute approximate surface area is 180 Å². The molecule has 4 rings (SSSR count). The fourth-order valence-corrected chi connectivity index (χ4v) is 4.03. The lowest BCUT2D eigenvalue weighted by molar-refractivity contribution is -0.384. The Morgan fingerprint density at radius 3 is 2.06 bits per heavy atom. The lowest BCUT2D eigenvalue weighted by Gasteiger charge is -2.36. The quantitative estimate of drug-likeness (QED) is 0.593. The molecular weight excluding hydrogens is 398 g/mol.